The first-order valence-electron chi connectivity index (χ1n) is 7.35. The Kier molecular flexibility index (Phi) is 4.71. The molecular weight excluding hydrogens is 360 g/mol. The van der Waals surface area contributed by atoms with Gasteiger partial charge in [-0.25, -0.2) is 18.5 Å². The zero-order chi connectivity index (χ0) is 18.0. The maximum Gasteiger partial charge on any atom is 0.263 e. The first-order chi connectivity index (χ1) is 11.8. The Morgan fingerprint density at radius 2 is 1.88 bits per heavy atom. The molecule has 0 atom stereocenters. The van der Waals surface area contributed by atoms with Gasteiger partial charge in [-0.2, -0.15) is 0 Å². The summed E-state index contributed by atoms with van der Waals surface area (Å²) in [6.45, 7) is 2.07. The molecule has 3 aromatic rings. The van der Waals surface area contributed by atoms with Crippen molar-refractivity contribution in [2.45, 2.75) is 18.4 Å². The van der Waals surface area contributed by atoms with Crippen molar-refractivity contribution in [3.63, 3.8) is 0 Å². The second-order valence-electron chi connectivity index (χ2n) is 5.37. The molecule has 0 aliphatic rings. The summed E-state index contributed by atoms with van der Waals surface area (Å²) in [6, 6.07) is 9.84. The van der Waals surface area contributed by atoms with E-state index in [-0.39, 0.29) is 17.3 Å². The number of nitrogens with one attached hydrogen (secondary N) is 1. The normalized spacial score (nSPS) is 11.4. The molecule has 3 N–H and O–H groups in total. The third kappa shape index (κ3) is 3.95. The van der Waals surface area contributed by atoms with Gasteiger partial charge in [-0.15, -0.1) is 0 Å². The molecule has 0 fully saturated rings. The molecule has 0 bridgehead atoms. The largest absolute Gasteiger partial charge is 0.347 e. The molecule has 0 radical (unpaired) electrons. The van der Waals surface area contributed by atoms with Crippen molar-refractivity contribution in [2.24, 2.45) is 5.14 Å². The van der Waals surface area contributed by atoms with Gasteiger partial charge in [0.15, 0.2) is 5.13 Å². The molecule has 9 heteroatoms. The van der Waals surface area contributed by atoms with Gasteiger partial charge in [-0.3, -0.25) is 4.79 Å². The number of aryl methyl sites for hydroxylation is 1. The minimum absolute atomic E-state index is 0.0391. The Morgan fingerprint density at radius 1 is 1.24 bits per heavy atom. The molecule has 1 amide bonds. The smallest absolute Gasteiger partial charge is 0.263 e. The molecule has 3 rings (SSSR count). The Bertz CT molecular complexity index is 991. The second kappa shape index (κ2) is 6.79. The zero-order valence-corrected chi connectivity index (χ0v) is 15.0. The fourth-order valence-corrected chi connectivity index (χ4v) is 3.69. The van der Waals surface area contributed by atoms with Crippen LogP contribution in [-0.2, 0) is 16.6 Å². The number of amides is 1. The van der Waals surface area contributed by atoms with E-state index in [1.54, 1.807) is 19.1 Å². The lowest BCUT2D eigenvalue weighted by Crippen LogP contribution is -2.22. The first-order valence-corrected chi connectivity index (χ1v) is 9.71. The summed E-state index contributed by atoms with van der Waals surface area (Å²) in [6.07, 6.45) is 3.74. The van der Waals surface area contributed by atoms with Crippen LogP contribution in [-0.4, -0.2) is 23.9 Å². The number of primary sulfonamides is 1. The van der Waals surface area contributed by atoms with Crippen molar-refractivity contribution >= 4 is 27.3 Å². The van der Waals surface area contributed by atoms with E-state index in [0.29, 0.717) is 10.6 Å². The maximum atomic E-state index is 12.4. The van der Waals surface area contributed by atoms with E-state index in [4.69, 9.17) is 5.14 Å². The SMILES string of the molecule is Cc1nc(-n2cccc2)sc1C(=O)NCc1ccc(S(N)(=O)=O)cc1. The van der Waals surface area contributed by atoms with Crippen LogP contribution in [0.15, 0.2) is 53.7 Å². The van der Waals surface area contributed by atoms with Gasteiger partial charge >= 0.3 is 0 Å². The van der Waals surface area contributed by atoms with Crippen LogP contribution in [0, 0.1) is 6.92 Å². The standard InChI is InChI=1S/C16H16N4O3S2/c1-11-14(24-16(19-11)20-8-2-3-9-20)15(21)18-10-12-4-6-13(7-5-12)25(17,22)23/h2-9H,10H2,1H3,(H,18,21)(H2,17,22,23). The van der Waals surface area contributed by atoms with Gasteiger partial charge in [0.2, 0.25) is 10.0 Å². The minimum atomic E-state index is -3.71. The van der Waals surface area contributed by atoms with E-state index < -0.39 is 10.0 Å². The summed E-state index contributed by atoms with van der Waals surface area (Å²) in [5.74, 6) is -0.219. The van der Waals surface area contributed by atoms with Gasteiger partial charge in [-0.1, -0.05) is 23.5 Å². The van der Waals surface area contributed by atoms with Crippen LogP contribution in [0.1, 0.15) is 20.9 Å². The number of carbonyl (C=O) groups is 1. The highest BCUT2D eigenvalue weighted by Gasteiger charge is 2.16. The van der Waals surface area contributed by atoms with Crippen molar-refractivity contribution in [1.29, 1.82) is 0 Å². The first kappa shape index (κ1) is 17.3. The molecule has 0 saturated heterocycles. The summed E-state index contributed by atoms with van der Waals surface area (Å²) in [5, 5.41) is 8.60. The Morgan fingerprint density at radius 3 is 2.48 bits per heavy atom. The van der Waals surface area contributed by atoms with Gasteiger partial charge in [0.05, 0.1) is 10.6 Å². The number of nitrogens with zero attached hydrogens (tertiary/aromatic N) is 2. The van der Waals surface area contributed by atoms with E-state index in [2.05, 4.69) is 10.3 Å². The molecule has 2 heterocycles. The molecule has 130 valence electrons. The number of rotatable bonds is 5. The average Bonchev–Trinajstić information content (AvgIpc) is 3.21. The quantitative estimate of drug-likeness (QED) is 0.708. The number of benzene rings is 1. The molecule has 0 aliphatic heterocycles. The van der Waals surface area contributed by atoms with Crippen LogP contribution in [0.5, 0.6) is 0 Å². The maximum absolute atomic E-state index is 12.4. The lowest BCUT2D eigenvalue weighted by Gasteiger charge is -2.05. The van der Waals surface area contributed by atoms with Gasteiger partial charge in [0.25, 0.3) is 5.91 Å². The monoisotopic (exact) mass is 376 g/mol. The molecule has 0 saturated carbocycles. The third-order valence-corrected chi connectivity index (χ3v) is 5.62. The molecule has 0 aliphatic carbocycles. The van der Waals surface area contributed by atoms with Crippen LogP contribution in [0.25, 0.3) is 5.13 Å². The number of aromatic nitrogens is 2. The number of hydrogen-bond donors (Lipinski definition) is 2. The van der Waals surface area contributed by atoms with Gasteiger partial charge < -0.3 is 9.88 Å². The topological polar surface area (TPSA) is 107 Å². The van der Waals surface area contributed by atoms with E-state index in [1.807, 2.05) is 29.1 Å². The predicted molar refractivity (Wildman–Crippen MR) is 95.2 cm³/mol. The molecule has 25 heavy (non-hydrogen) atoms. The summed E-state index contributed by atoms with van der Waals surface area (Å²) in [5.41, 5.74) is 1.43. The van der Waals surface area contributed by atoms with Gasteiger partial charge in [0.1, 0.15) is 4.88 Å². The molecular formula is C16H16N4O3S2. The number of sulfonamides is 1. The Balaban J connectivity index is 1.69. The van der Waals surface area contributed by atoms with Crippen molar-refractivity contribution < 1.29 is 13.2 Å². The highest BCUT2D eigenvalue weighted by molar-refractivity contribution is 7.89. The predicted octanol–water partition coefficient (Wildman–Crippen LogP) is 1.82. The van der Waals surface area contributed by atoms with Crippen molar-refractivity contribution in [3.05, 3.63) is 64.9 Å². The summed E-state index contributed by atoms with van der Waals surface area (Å²) in [7, 11) is -3.71. The molecule has 0 unspecified atom stereocenters. The van der Waals surface area contributed by atoms with Crippen LogP contribution < -0.4 is 10.5 Å². The Hall–Kier alpha value is -2.49. The van der Waals surface area contributed by atoms with E-state index in [1.165, 1.54) is 23.5 Å². The Labute approximate surface area is 149 Å². The second-order valence-corrected chi connectivity index (χ2v) is 7.91. The number of carbonyl (C=O) groups excluding carboxylic acids is 1. The third-order valence-electron chi connectivity index (χ3n) is 3.52. The minimum Gasteiger partial charge on any atom is -0.347 e. The van der Waals surface area contributed by atoms with Gasteiger partial charge in [-0.05, 0) is 36.8 Å². The van der Waals surface area contributed by atoms with Crippen LogP contribution in [0.2, 0.25) is 0 Å². The van der Waals surface area contributed by atoms with Crippen molar-refractivity contribution in [1.82, 2.24) is 14.9 Å². The summed E-state index contributed by atoms with van der Waals surface area (Å²) < 4.78 is 24.3. The average molecular weight is 376 g/mol. The summed E-state index contributed by atoms with van der Waals surface area (Å²) >= 11 is 1.31. The van der Waals surface area contributed by atoms with Crippen molar-refractivity contribution in [3.8, 4) is 5.13 Å². The van der Waals surface area contributed by atoms with Crippen molar-refractivity contribution in [2.75, 3.05) is 0 Å². The highest BCUT2D eigenvalue weighted by atomic mass is 32.2. The fourth-order valence-electron chi connectivity index (χ4n) is 2.22. The van der Waals surface area contributed by atoms with E-state index >= 15 is 0 Å². The van der Waals surface area contributed by atoms with Crippen LogP contribution in [0.3, 0.4) is 0 Å². The fraction of sp³-hybridized carbons (Fsp3) is 0.125. The number of nitrogens with two attached hydrogens (primary N) is 1. The van der Waals surface area contributed by atoms with Gasteiger partial charge in [0, 0.05) is 18.9 Å². The lowest BCUT2D eigenvalue weighted by molar-refractivity contribution is 0.0954. The number of thiazole rings is 1. The van der Waals surface area contributed by atoms with E-state index in [9.17, 15) is 13.2 Å². The molecule has 2 aromatic heterocycles. The molecule has 0 spiro atoms. The molecule has 1 aromatic carbocycles. The lowest BCUT2D eigenvalue weighted by atomic mass is 10.2. The van der Waals surface area contributed by atoms with E-state index in [0.717, 1.165) is 10.7 Å². The number of hydrogen-bond acceptors (Lipinski definition) is 5. The zero-order valence-electron chi connectivity index (χ0n) is 13.3. The van der Waals surface area contributed by atoms with Crippen LogP contribution >= 0.6 is 11.3 Å². The van der Waals surface area contributed by atoms with Crippen LogP contribution in [0.4, 0.5) is 0 Å². The molecule has 7 nitrogen and oxygen atoms in total. The highest BCUT2D eigenvalue weighted by Crippen LogP contribution is 2.21. The summed E-state index contributed by atoms with van der Waals surface area (Å²) in [4.78, 5) is 17.4.